The molecule has 0 aromatic carbocycles. The molecule has 4 rings (SSSR count). The first-order valence-corrected chi connectivity index (χ1v) is 13.9. The molecular formula is C29H48O6. The Balaban J connectivity index is 1.61. The van der Waals surface area contributed by atoms with E-state index in [2.05, 4.69) is 20.8 Å². The van der Waals surface area contributed by atoms with Crippen molar-refractivity contribution in [1.29, 1.82) is 0 Å². The van der Waals surface area contributed by atoms with E-state index in [1.807, 2.05) is 0 Å². The van der Waals surface area contributed by atoms with Crippen molar-refractivity contribution in [2.45, 2.75) is 104 Å². The number of hydrogen-bond acceptors (Lipinski definition) is 6. The highest BCUT2D eigenvalue weighted by molar-refractivity contribution is 5.69. The maximum absolute atomic E-state index is 12.3. The largest absolute Gasteiger partial charge is 0.469 e. The predicted molar refractivity (Wildman–Crippen MR) is 133 cm³/mol. The maximum Gasteiger partial charge on any atom is 0.305 e. The Bertz CT molecular complexity index is 792. The molecule has 0 saturated heterocycles. The van der Waals surface area contributed by atoms with Crippen LogP contribution in [0.3, 0.4) is 0 Å². The molecule has 0 unspecified atom stereocenters. The number of carbonyl (C=O) groups excluding carboxylic acids is 2. The summed E-state index contributed by atoms with van der Waals surface area (Å²) in [5.41, 5.74) is 0.181. The summed E-state index contributed by atoms with van der Waals surface area (Å²) in [5, 5.41) is 0. The van der Waals surface area contributed by atoms with Crippen LogP contribution in [0.25, 0.3) is 0 Å². The molecular weight excluding hydrogens is 444 g/mol. The van der Waals surface area contributed by atoms with Gasteiger partial charge in [0.1, 0.15) is 6.10 Å². The lowest BCUT2D eigenvalue weighted by Gasteiger charge is -2.63. The molecule has 0 bridgehead atoms. The third-order valence-corrected chi connectivity index (χ3v) is 11.6. The van der Waals surface area contributed by atoms with E-state index in [4.69, 9.17) is 18.9 Å². The van der Waals surface area contributed by atoms with Crippen molar-refractivity contribution < 1.29 is 28.5 Å². The van der Waals surface area contributed by atoms with E-state index in [1.54, 1.807) is 21.1 Å². The van der Waals surface area contributed by atoms with E-state index in [0.29, 0.717) is 41.9 Å². The van der Waals surface area contributed by atoms with Crippen molar-refractivity contribution in [2.75, 3.05) is 21.3 Å². The molecule has 4 aliphatic carbocycles. The monoisotopic (exact) mass is 492 g/mol. The second kappa shape index (κ2) is 9.96. The van der Waals surface area contributed by atoms with E-state index in [1.165, 1.54) is 26.4 Å². The lowest BCUT2D eigenvalue weighted by Crippen LogP contribution is -2.60. The van der Waals surface area contributed by atoms with Gasteiger partial charge in [-0.2, -0.15) is 0 Å². The fourth-order valence-corrected chi connectivity index (χ4v) is 9.57. The highest BCUT2D eigenvalue weighted by atomic mass is 16.7. The fourth-order valence-electron chi connectivity index (χ4n) is 9.57. The summed E-state index contributed by atoms with van der Waals surface area (Å²) < 4.78 is 22.9. The summed E-state index contributed by atoms with van der Waals surface area (Å²) in [4.78, 5) is 24.2. The minimum atomic E-state index is -0.455. The van der Waals surface area contributed by atoms with Gasteiger partial charge in [-0.1, -0.05) is 20.8 Å². The number of methoxy groups -OCH3 is 3. The molecule has 9 atom stereocenters. The van der Waals surface area contributed by atoms with Gasteiger partial charge in [0.15, 0.2) is 5.79 Å². The van der Waals surface area contributed by atoms with Crippen LogP contribution < -0.4 is 0 Å². The normalized spacial score (nSPS) is 42.8. The number of ether oxygens (including phenoxy) is 4. The molecule has 4 saturated carbocycles. The molecule has 0 N–H and O–H groups in total. The molecule has 200 valence electrons. The molecule has 0 aromatic heterocycles. The van der Waals surface area contributed by atoms with E-state index in [9.17, 15) is 9.59 Å². The minimum absolute atomic E-state index is 0.0386. The summed E-state index contributed by atoms with van der Waals surface area (Å²) in [6, 6.07) is 0. The van der Waals surface area contributed by atoms with E-state index < -0.39 is 5.79 Å². The molecule has 0 aliphatic heterocycles. The summed E-state index contributed by atoms with van der Waals surface area (Å²) in [5.74, 6) is 2.44. The number of rotatable bonds is 7. The Morgan fingerprint density at radius 1 is 0.971 bits per heavy atom. The number of carbonyl (C=O) groups is 2. The van der Waals surface area contributed by atoms with Gasteiger partial charge in [0.05, 0.1) is 7.11 Å². The van der Waals surface area contributed by atoms with Crippen molar-refractivity contribution >= 4 is 11.9 Å². The molecule has 6 heteroatoms. The third-order valence-electron chi connectivity index (χ3n) is 11.6. The molecule has 4 aliphatic rings. The van der Waals surface area contributed by atoms with Crippen LogP contribution in [-0.2, 0) is 28.5 Å². The zero-order valence-electron chi connectivity index (χ0n) is 23.1. The van der Waals surface area contributed by atoms with Gasteiger partial charge in [0.25, 0.3) is 0 Å². The van der Waals surface area contributed by atoms with E-state index >= 15 is 0 Å². The van der Waals surface area contributed by atoms with Crippen LogP contribution in [0.5, 0.6) is 0 Å². The van der Waals surface area contributed by atoms with Gasteiger partial charge in [-0.15, -0.1) is 0 Å². The molecule has 0 radical (unpaired) electrons. The summed E-state index contributed by atoms with van der Waals surface area (Å²) >= 11 is 0. The Hall–Kier alpha value is -1.14. The van der Waals surface area contributed by atoms with E-state index in [-0.39, 0.29) is 28.9 Å². The number of esters is 2. The Kier molecular flexibility index (Phi) is 7.66. The molecule has 0 heterocycles. The first kappa shape index (κ1) is 26.9. The van der Waals surface area contributed by atoms with E-state index in [0.717, 1.165) is 38.5 Å². The smallest absolute Gasteiger partial charge is 0.305 e. The molecule has 4 fully saturated rings. The lowest BCUT2D eigenvalue weighted by molar-refractivity contribution is -0.266. The lowest BCUT2D eigenvalue weighted by atomic mass is 9.43. The van der Waals surface area contributed by atoms with Crippen LogP contribution in [0.4, 0.5) is 0 Å². The Labute approximate surface area is 212 Å². The second-order valence-electron chi connectivity index (χ2n) is 12.7. The Morgan fingerprint density at radius 2 is 1.69 bits per heavy atom. The summed E-state index contributed by atoms with van der Waals surface area (Å²) in [6.07, 6.45) is 9.96. The Morgan fingerprint density at radius 3 is 2.31 bits per heavy atom. The SMILES string of the molecule is COC(=O)CC[C@@H](C)[C@@H]1CC[C@@H]2[C@@H]3CC[C@@H]4CC(OC)(OC)CC[C@]4(C)[C@H]3C[C@H](OC(C)=O)[C@@]21C. The topological polar surface area (TPSA) is 71.1 Å². The number of hydrogen-bond donors (Lipinski definition) is 0. The maximum atomic E-state index is 12.3. The molecule has 0 aromatic rings. The van der Waals surface area contributed by atoms with Crippen LogP contribution in [-0.4, -0.2) is 45.2 Å². The van der Waals surface area contributed by atoms with Crippen LogP contribution in [0.1, 0.15) is 91.9 Å². The summed E-state index contributed by atoms with van der Waals surface area (Å²) in [6.45, 7) is 8.76. The molecule has 0 amide bonds. The minimum Gasteiger partial charge on any atom is -0.469 e. The van der Waals surface area contributed by atoms with Crippen molar-refractivity contribution in [2.24, 2.45) is 46.3 Å². The highest BCUT2D eigenvalue weighted by Gasteiger charge is 2.65. The zero-order chi connectivity index (χ0) is 25.6. The third kappa shape index (κ3) is 4.45. The first-order chi connectivity index (χ1) is 16.5. The average Bonchev–Trinajstić information content (AvgIpc) is 3.20. The van der Waals surface area contributed by atoms with Gasteiger partial charge in [-0.25, -0.2) is 0 Å². The standard InChI is InChI=1S/C29H48O6/c1-18(8-13-26(31)32-5)22-11-12-23-21-10-9-20-17-29(33-6,34-7)15-14-27(20,3)24(21)16-25(28(22,23)4)35-19(2)30/h18,20-25H,8-17H2,1-7H3/t18-,20-,21+,22+,23-,24+,25+,27+,28-/m1/s1. The van der Waals surface area contributed by atoms with Gasteiger partial charge >= 0.3 is 11.9 Å². The van der Waals surface area contributed by atoms with Crippen molar-refractivity contribution in [3.63, 3.8) is 0 Å². The molecule has 0 spiro atoms. The summed E-state index contributed by atoms with van der Waals surface area (Å²) in [7, 11) is 5.02. The molecule has 6 nitrogen and oxygen atoms in total. The number of fused-ring (bicyclic) bond motifs is 5. The predicted octanol–water partition coefficient (Wildman–Crippen LogP) is 5.77. The molecule has 35 heavy (non-hydrogen) atoms. The van der Waals surface area contributed by atoms with Gasteiger partial charge in [-0.05, 0) is 85.9 Å². The van der Waals surface area contributed by atoms with Gasteiger partial charge in [0.2, 0.25) is 0 Å². The van der Waals surface area contributed by atoms with Crippen LogP contribution in [0, 0.1) is 46.3 Å². The van der Waals surface area contributed by atoms with Gasteiger partial charge in [0, 0.05) is 45.8 Å². The van der Waals surface area contributed by atoms with Crippen molar-refractivity contribution in [1.82, 2.24) is 0 Å². The zero-order valence-corrected chi connectivity index (χ0v) is 23.1. The van der Waals surface area contributed by atoms with Crippen LogP contribution >= 0.6 is 0 Å². The quantitative estimate of drug-likeness (QED) is 0.332. The highest BCUT2D eigenvalue weighted by Crippen LogP contribution is 2.69. The van der Waals surface area contributed by atoms with Crippen molar-refractivity contribution in [3.8, 4) is 0 Å². The first-order valence-electron chi connectivity index (χ1n) is 13.9. The van der Waals surface area contributed by atoms with Crippen LogP contribution in [0.2, 0.25) is 0 Å². The second-order valence-corrected chi connectivity index (χ2v) is 12.7. The van der Waals surface area contributed by atoms with Crippen LogP contribution in [0.15, 0.2) is 0 Å². The van der Waals surface area contributed by atoms with Gasteiger partial charge in [-0.3, -0.25) is 9.59 Å². The average molecular weight is 493 g/mol. The van der Waals surface area contributed by atoms with Crippen molar-refractivity contribution in [3.05, 3.63) is 0 Å². The van der Waals surface area contributed by atoms with Gasteiger partial charge < -0.3 is 18.9 Å². The fraction of sp³-hybridized carbons (Fsp3) is 0.931.